The van der Waals surface area contributed by atoms with Gasteiger partial charge in [0.2, 0.25) is 17.7 Å². The van der Waals surface area contributed by atoms with Crippen molar-refractivity contribution in [1.29, 1.82) is 0 Å². The lowest BCUT2D eigenvalue weighted by Crippen LogP contribution is -2.58. The molecule has 0 saturated heterocycles. The lowest BCUT2D eigenvalue weighted by Gasteiger charge is -2.23. The molecule has 0 aliphatic rings. The second kappa shape index (κ2) is 10.8. The zero-order valence-electron chi connectivity index (χ0n) is 12.9. The van der Waals surface area contributed by atoms with E-state index < -0.39 is 61.1 Å². The maximum Gasteiger partial charge on any atom is 0.328 e. The molecule has 4 atom stereocenters. The van der Waals surface area contributed by atoms with Gasteiger partial charge in [0.05, 0.1) is 19.3 Å². The van der Waals surface area contributed by atoms with Crippen LogP contribution in [0.4, 0.5) is 0 Å². The van der Waals surface area contributed by atoms with Crippen molar-refractivity contribution in [2.75, 3.05) is 18.9 Å². The van der Waals surface area contributed by atoms with Crippen molar-refractivity contribution in [3.05, 3.63) is 0 Å². The molecule has 24 heavy (non-hydrogen) atoms. The summed E-state index contributed by atoms with van der Waals surface area (Å²) < 4.78 is 0. The zero-order chi connectivity index (χ0) is 18.9. The Morgan fingerprint density at radius 3 is 2.00 bits per heavy atom. The highest BCUT2D eigenvalue weighted by atomic mass is 32.1. The van der Waals surface area contributed by atoms with Crippen LogP contribution in [0.25, 0.3) is 0 Å². The maximum absolute atomic E-state index is 12.0. The molecule has 0 saturated carbocycles. The number of hydrogen-bond acceptors (Lipinski definition) is 8. The van der Waals surface area contributed by atoms with Crippen molar-refractivity contribution < 1.29 is 34.5 Å². The first kappa shape index (κ1) is 22.1. The van der Waals surface area contributed by atoms with Gasteiger partial charge in [-0.25, -0.2) is 4.79 Å². The van der Waals surface area contributed by atoms with E-state index in [1.165, 1.54) is 6.92 Å². The molecular weight excluding hydrogens is 344 g/mol. The minimum atomic E-state index is -1.57. The lowest BCUT2D eigenvalue weighted by atomic mass is 10.1. The second-order valence-electron chi connectivity index (χ2n) is 4.82. The SMILES string of the molecule is CC(O)C(NC(=O)C(CS)NC(=O)C(CO)NC(=O)CN)C(=O)O. The molecule has 11 nitrogen and oxygen atoms in total. The average Bonchev–Trinajstić information content (AvgIpc) is 2.53. The monoisotopic (exact) mass is 366 g/mol. The number of aliphatic hydroxyl groups is 2. The summed E-state index contributed by atoms with van der Waals surface area (Å²) in [5, 5.41) is 33.8. The van der Waals surface area contributed by atoms with Crippen LogP contribution in [0.2, 0.25) is 0 Å². The predicted octanol–water partition coefficient (Wildman–Crippen LogP) is -4.21. The van der Waals surface area contributed by atoms with Crippen molar-refractivity contribution >= 4 is 36.3 Å². The molecule has 0 aromatic rings. The van der Waals surface area contributed by atoms with E-state index in [1.54, 1.807) is 0 Å². The largest absolute Gasteiger partial charge is 0.480 e. The van der Waals surface area contributed by atoms with E-state index in [2.05, 4.69) is 28.6 Å². The zero-order valence-corrected chi connectivity index (χ0v) is 13.8. The quantitative estimate of drug-likeness (QED) is 0.178. The molecule has 0 rings (SSSR count). The Hall–Kier alpha value is -1.89. The summed E-state index contributed by atoms with van der Waals surface area (Å²) in [4.78, 5) is 46.0. The Labute approximate surface area is 143 Å². The van der Waals surface area contributed by atoms with E-state index in [9.17, 15) is 24.3 Å². The van der Waals surface area contributed by atoms with Crippen LogP contribution in [-0.2, 0) is 19.2 Å². The number of aliphatic hydroxyl groups excluding tert-OH is 2. The smallest absolute Gasteiger partial charge is 0.328 e. The fourth-order valence-electron chi connectivity index (χ4n) is 1.56. The fourth-order valence-corrected chi connectivity index (χ4v) is 1.81. The van der Waals surface area contributed by atoms with Crippen molar-refractivity contribution in [1.82, 2.24) is 16.0 Å². The van der Waals surface area contributed by atoms with Gasteiger partial charge in [-0.05, 0) is 6.92 Å². The Kier molecular flexibility index (Phi) is 9.95. The highest BCUT2D eigenvalue weighted by molar-refractivity contribution is 7.80. The first-order chi connectivity index (χ1) is 11.2. The number of carboxylic acids is 1. The van der Waals surface area contributed by atoms with Crippen LogP contribution in [-0.4, -0.2) is 82.1 Å². The minimum absolute atomic E-state index is 0.188. The molecule has 0 radical (unpaired) electrons. The number of aliphatic carboxylic acids is 1. The molecule has 0 bridgehead atoms. The molecule has 0 spiro atoms. The second-order valence-corrected chi connectivity index (χ2v) is 5.18. The number of carbonyl (C=O) groups is 4. The van der Waals surface area contributed by atoms with Crippen LogP contribution in [0.1, 0.15) is 6.92 Å². The number of amides is 3. The number of thiol groups is 1. The molecule has 0 heterocycles. The highest BCUT2D eigenvalue weighted by Crippen LogP contribution is 1.97. The van der Waals surface area contributed by atoms with Crippen molar-refractivity contribution in [2.24, 2.45) is 5.73 Å². The first-order valence-corrected chi connectivity index (χ1v) is 7.53. The average molecular weight is 366 g/mol. The third-order valence-electron chi connectivity index (χ3n) is 2.88. The fraction of sp³-hybridized carbons (Fsp3) is 0.667. The summed E-state index contributed by atoms with van der Waals surface area (Å²) in [7, 11) is 0. The summed E-state index contributed by atoms with van der Waals surface area (Å²) in [6.07, 6.45) is -1.36. The van der Waals surface area contributed by atoms with Gasteiger partial charge < -0.3 is 37.0 Å². The molecule has 0 aliphatic carbocycles. The summed E-state index contributed by atoms with van der Waals surface area (Å²) >= 11 is 3.89. The van der Waals surface area contributed by atoms with Crippen LogP contribution in [0, 0.1) is 0 Å². The van der Waals surface area contributed by atoms with Crippen molar-refractivity contribution in [3.8, 4) is 0 Å². The van der Waals surface area contributed by atoms with E-state index in [4.69, 9.17) is 15.9 Å². The van der Waals surface area contributed by atoms with E-state index in [-0.39, 0.29) is 5.75 Å². The Morgan fingerprint density at radius 1 is 1.08 bits per heavy atom. The van der Waals surface area contributed by atoms with Gasteiger partial charge in [-0.1, -0.05) is 0 Å². The van der Waals surface area contributed by atoms with Gasteiger partial charge in [-0.3, -0.25) is 14.4 Å². The normalized spacial score (nSPS) is 15.5. The lowest BCUT2D eigenvalue weighted by molar-refractivity contribution is -0.145. The van der Waals surface area contributed by atoms with E-state index in [1.807, 2.05) is 0 Å². The van der Waals surface area contributed by atoms with E-state index in [0.717, 1.165) is 0 Å². The Bertz CT molecular complexity index is 474. The van der Waals surface area contributed by atoms with Gasteiger partial charge in [0.1, 0.15) is 12.1 Å². The van der Waals surface area contributed by atoms with Crippen molar-refractivity contribution in [3.63, 3.8) is 0 Å². The molecule has 4 unspecified atom stereocenters. The maximum atomic E-state index is 12.0. The van der Waals surface area contributed by atoms with Gasteiger partial charge in [-0.2, -0.15) is 12.6 Å². The minimum Gasteiger partial charge on any atom is -0.480 e. The molecule has 3 amide bonds. The molecule has 138 valence electrons. The molecular formula is C12H22N4O7S. The van der Waals surface area contributed by atoms with Crippen LogP contribution in [0.3, 0.4) is 0 Å². The van der Waals surface area contributed by atoms with Gasteiger partial charge in [0.25, 0.3) is 0 Å². The van der Waals surface area contributed by atoms with Crippen LogP contribution in [0.5, 0.6) is 0 Å². The van der Waals surface area contributed by atoms with Gasteiger partial charge >= 0.3 is 5.97 Å². The summed E-state index contributed by atoms with van der Waals surface area (Å²) in [6.45, 7) is 0.0519. The topological polar surface area (TPSA) is 191 Å². The standard InChI is InChI=1S/C12H22N4O7S/c1-5(18)9(12(22)23)16-11(21)7(4-24)15-10(20)6(3-17)14-8(19)2-13/h5-7,9,17-18,24H,2-4,13H2,1H3,(H,14,19)(H,15,20)(H,16,21)(H,22,23). The van der Waals surface area contributed by atoms with Crippen molar-refractivity contribution in [2.45, 2.75) is 31.2 Å². The number of carbonyl (C=O) groups excluding carboxylic acids is 3. The van der Waals surface area contributed by atoms with Gasteiger partial charge in [-0.15, -0.1) is 0 Å². The van der Waals surface area contributed by atoms with Crippen LogP contribution >= 0.6 is 12.6 Å². The molecule has 0 aromatic heterocycles. The number of nitrogens with two attached hydrogens (primary N) is 1. The Balaban J connectivity index is 4.88. The summed E-state index contributed by atoms with van der Waals surface area (Å²) in [5.74, 6) is -4.10. The van der Waals surface area contributed by atoms with Crippen LogP contribution < -0.4 is 21.7 Å². The molecule has 0 aromatic carbocycles. The molecule has 12 heteroatoms. The Morgan fingerprint density at radius 2 is 1.62 bits per heavy atom. The van der Waals surface area contributed by atoms with Crippen LogP contribution in [0.15, 0.2) is 0 Å². The third kappa shape index (κ3) is 7.12. The first-order valence-electron chi connectivity index (χ1n) is 6.90. The number of rotatable bonds is 10. The molecule has 8 N–H and O–H groups in total. The predicted molar refractivity (Wildman–Crippen MR) is 85.1 cm³/mol. The van der Waals surface area contributed by atoms with Gasteiger partial charge in [0, 0.05) is 5.75 Å². The number of nitrogens with one attached hydrogen (secondary N) is 3. The third-order valence-corrected chi connectivity index (χ3v) is 3.25. The molecule has 0 aliphatic heterocycles. The molecule has 0 fully saturated rings. The summed E-state index contributed by atoms with van der Waals surface area (Å²) in [5.41, 5.74) is 5.08. The number of carboxylic acid groups (broad SMARTS) is 1. The van der Waals surface area contributed by atoms with E-state index in [0.29, 0.717) is 0 Å². The van der Waals surface area contributed by atoms with Gasteiger partial charge in [0.15, 0.2) is 6.04 Å². The number of hydrogen-bond donors (Lipinski definition) is 8. The van der Waals surface area contributed by atoms with E-state index >= 15 is 0 Å². The highest BCUT2D eigenvalue weighted by Gasteiger charge is 2.30. The summed E-state index contributed by atoms with van der Waals surface area (Å²) in [6, 6.07) is -4.14.